The van der Waals surface area contributed by atoms with Gasteiger partial charge >= 0.3 is 0 Å². The molecule has 0 atom stereocenters. The number of hydrogen-bond donors (Lipinski definition) is 1. The van der Waals surface area contributed by atoms with E-state index in [4.69, 9.17) is 27.6 Å². The highest BCUT2D eigenvalue weighted by molar-refractivity contribution is 6.39. The molecule has 1 N–H and O–H groups in total. The quantitative estimate of drug-likeness (QED) is 0.618. The fourth-order valence-corrected chi connectivity index (χ4v) is 3.17. The minimum absolute atomic E-state index is 0.0266. The molecule has 8 heteroatoms. The zero-order chi connectivity index (χ0) is 21.0. The number of carbonyl (C=O) groups is 2. The molecule has 0 saturated carbocycles. The third kappa shape index (κ3) is 5.16. The molecule has 3 aromatic rings. The Morgan fingerprint density at radius 3 is 2.38 bits per heavy atom. The number of carbonyl (C=O) groups excluding carboxylic acids is 2. The molecule has 0 bridgehead atoms. The van der Waals surface area contributed by atoms with Gasteiger partial charge in [0.25, 0.3) is 0 Å². The van der Waals surface area contributed by atoms with Crippen LogP contribution in [0.3, 0.4) is 0 Å². The van der Waals surface area contributed by atoms with Crippen LogP contribution in [0, 0.1) is 6.92 Å². The number of anilines is 1. The topological polar surface area (TPSA) is 75.4 Å². The first-order valence-corrected chi connectivity index (χ1v) is 9.60. The maximum absolute atomic E-state index is 12.5. The van der Waals surface area contributed by atoms with E-state index in [0.29, 0.717) is 33.1 Å². The molecule has 0 aliphatic rings. The SMILES string of the molecule is Cc1oc(-c2ccccc2)nc1CC(=O)N(C)CC(=O)Nc1c(Cl)cccc1Cl. The molecule has 0 spiro atoms. The summed E-state index contributed by atoms with van der Waals surface area (Å²) in [6.45, 7) is 1.61. The first-order chi connectivity index (χ1) is 13.8. The van der Waals surface area contributed by atoms with Crippen LogP contribution in [0.15, 0.2) is 52.9 Å². The van der Waals surface area contributed by atoms with E-state index in [9.17, 15) is 9.59 Å². The molecule has 3 rings (SSSR count). The standard InChI is InChI=1S/C21H19Cl2N3O3/c1-13-17(24-21(29-13)14-7-4-3-5-8-14)11-19(28)26(2)12-18(27)25-20-15(22)9-6-10-16(20)23/h3-10H,11-12H2,1-2H3,(H,25,27). The van der Waals surface area contributed by atoms with Gasteiger partial charge in [-0.25, -0.2) is 4.98 Å². The van der Waals surface area contributed by atoms with Gasteiger partial charge in [0.05, 0.1) is 34.4 Å². The van der Waals surface area contributed by atoms with E-state index in [0.717, 1.165) is 5.56 Å². The molecule has 0 unspecified atom stereocenters. The Morgan fingerprint density at radius 1 is 1.07 bits per heavy atom. The van der Waals surface area contributed by atoms with Crippen molar-refractivity contribution in [3.8, 4) is 11.5 Å². The van der Waals surface area contributed by atoms with E-state index in [1.165, 1.54) is 4.90 Å². The van der Waals surface area contributed by atoms with Crippen LogP contribution in [0.5, 0.6) is 0 Å². The summed E-state index contributed by atoms with van der Waals surface area (Å²) in [6.07, 6.45) is 0.0266. The number of aryl methyl sites for hydroxylation is 1. The largest absolute Gasteiger partial charge is 0.441 e. The van der Waals surface area contributed by atoms with Crippen LogP contribution in [0.2, 0.25) is 10.0 Å². The van der Waals surface area contributed by atoms with Gasteiger partial charge in [0.2, 0.25) is 17.7 Å². The number of hydrogen-bond acceptors (Lipinski definition) is 4. The number of oxazole rings is 1. The van der Waals surface area contributed by atoms with Crippen molar-refractivity contribution in [2.75, 3.05) is 18.9 Å². The number of amides is 2. The maximum atomic E-state index is 12.5. The summed E-state index contributed by atoms with van der Waals surface area (Å²) in [5.41, 5.74) is 1.69. The minimum Gasteiger partial charge on any atom is -0.441 e. The average molecular weight is 432 g/mol. The van der Waals surface area contributed by atoms with Gasteiger partial charge in [-0.3, -0.25) is 9.59 Å². The van der Waals surface area contributed by atoms with Gasteiger partial charge in [0.1, 0.15) is 5.76 Å². The lowest BCUT2D eigenvalue weighted by molar-refractivity contribution is -0.132. The van der Waals surface area contributed by atoms with Crippen LogP contribution >= 0.6 is 23.2 Å². The van der Waals surface area contributed by atoms with Crippen LogP contribution in [-0.2, 0) is 16.0 Å². The summed E-state index contributed by atoms with van der Waals surface area (Å²) >= 11 is 12.1. The van der Waals surface area contributed by atoms with Crippen molar-refractivity contribution in [2.45, 2.75) is 13.3 Å². The van der Waals surface area contributed by atoms with Gasteiger partial charge in [-0.15, -0.1) is 0 Å². The lowest BCUT2D eigenvalue weighted by atomic mass is 10.2. The first-order valence-electron chi connectivity index (χ1n) is 8.84. The zero-order valence-corrected chi connectivity index (χ0v) is 17.4. The second kappa shape index (κ2) is 9.11. The molecule has 0 aliphatic carbocycles. The van der Waals surface area contributed by atoms with Crippen molar-refractivity contribution in [3.63, 3.8) is 0 Å². The minimum atomic E-state index is -0.405. The molecule has 0 saturated heterocycles. The van der Waals surface area contributed by atoms with Crippen molar-refractivity contribution in [1.29, 1.82) is 0 Å². The summed E-state index contributed by atoms with van der Waals surface area (Å²) in [6, 6.07) is 14.4. The summed E-state index contributed by atoms with van der Waals surface area (Å²) in [5, 5.41) is 3.29. The first kappa shape index (κ1) is 20.9. The van der Waals surface area contributed by atoms with Crippen molar-refractivity contribution < 1.29 is 14.0 Å². The Bertz CT molecular complexity index is 1010. The number of nitrogens with zero attached hydrogens (tertiary/aromatic N) is 2. The Labute approximate surface area is 178 Å². The lowest BCUT2D eigenvalue weighted by Gasteiger charge is -2.17. The molecule has 150 valence electrons. The molecule has 1 heterocycles. The van der Waals surface area contributed by atoms with Gasteiger partial charge in [-0.2, -0.15) is 0 Å². The number of aromatic nitrogens is 1. The summed E-state index contributed by atoms with van der Waals surface area (Å²) in [4.78, 5) is 30.6. The van der Waals surface area contributed by atoms with E-state index < -0.39 is 5.91 Å². The van der Waals surface area contributed by atoms with E-state index in [2.05, 4.69) is 10.3 Å². The Hall–Kier alpha value is -2.83. The number of rotatable bonds is 6. The fraction of sp³-hybridized carbons (Fsp3) is 0.190. The predicted molar refractivity (Wildman–Crippen MR) is 113 cm³/mol. The van der Waals surface area contributed by atoms with Gasteiger partial charge in [-0.05, 0) is 31.2 Å². The lowest BCUT2D eigenvalue weighted by Crippen LogP contribution is -2.36. The molecule has 2 aromatic carbocycles. The molecule has 0 fully saturated rings. The Kier molecular flexibility index (Phi) is 6.56. The van der Waals surface area contributed by atoms with Crippen molar-refractivity contribution >= 4 is 40.7 Å². The number of benzene rings is 2. The highest BCUT2D eigenvalue weighted by atomic mass is 35.5. The summed E-state index contributed by atoms with van der Waals surface area (Å²) in [5.74, 6) is 0.358. The maximum Gasteiger partial charge on any atom is 0.244 e. The van der Waals surface area contributed by atoms with Crippen LogP contribution in [0.25, 0.3) is 11.5 Å². The van der Waals surface area contributed by atoms with E-state index in [1.807, 2.05) is 30.3 Å². The van der Waals surface area contributed by atoms with Gasteiger partial charge in [-0.1, -0.05) is 47.5 Å². The van der Waals surface area contributed by atoms with Crippen molar-refractivity contribution in [2.24, 2.45) is 0 Å². The molecular weight excluding hydrogens is 413 g/mol. The van der Waals surface area contributed by atoms with Crippen LogP contribution in [-0.4, -0.2) is 35.3 Å². The molecule has 6 nitrogen and oxygen atoms in total. The van der Waals surface area contributed by atoms with Crippen LogP contribution in [0.1, 0.15) is 11.5 Å². The number of halogens is 2. The van der Waals surface area contributed by atoms with Crippen LogP contribution < -0.4 is 5.32 Å². The van der Waals surface area contributed by atoms with E-state index in [1.54, 1.807) is 32.2 Å². The third-order valence-corrected chi connectivity index (χ3v) is 4.90. The summed E-state index contributed by atoms with van der Waals surface area (Å²) < 4.78 is 5.68. The zero-order valence-electron chi connectivity index (χ0n) is 15.9. The normalized spacial score (nSPS) is 10.6. The molecule has 2 amide bonds. The molecule has 0 aliphatic heterocycles. The molecule has 0 radical (unpaired) electrons. The monoisotopic (exact) mass is 431 g/mol. The third-order valence-electron chi connectivity index (χ3n) is 4.27. The molecular formula is C21H19Cl2N3O3. The van der Waals surface area contributed by atoms with Crippen LogP contribution in [0.4, 0.5) is 5.69 Å². The highest BCUT2D eigenvalue weighted by Gasteiger charge is 2.19. The number of likely N-dealkylation sites (N-methyl/N-ethyl adjacent to an activating group) is 1. The van der Waals surface area contributed by atoms with E-state index >= 15 is 0 Å². The second-order valence-electron chi connectivity index (χ2n) is 6.46. The number of nitrogens with one attached hydrogen (secondary N) is 1. The Balaban J connectivity index is 1.62. The smallest absolute Gasteiger partial charge is 0.244 e. The second-order valence-corrected chi connectivity index (χ2v) is 7.27. The Morgan fingerprint density at radius 2 is 1.72 bits per heavy atom. The molecule has 1 aromatic heterocycles. The predicted octanol–water partition coefficient (Wildman–Crippen LogP) is 4.60. The summed E-state index contributed by atoms with van der Waals surface area (Å²) in [7, 11) is 1.55. The van der Waals surface area contributed by atoms with Crippen molar-refractivity contribution in [3.05, 3.63) is 70.0 Å². The fourth-order valence-electron chi connectivity index (χ4n) is 2.67. The van der Waals surface area contributed by atoms with Gasteiger partial charge in [0, 0.05) is 12.6 Å². The average Bonchev–Trinajstić information content (AvgIpc) is 3.06. The van der Waals surface area contributed by atoms with Gasteiger partial charge in [0.15, 0.2) is 0 Å². The molecule has 29 heavy (non-hydrogen) atoms. The number of para-hydroxylation sites is 1. The van der Waals surface area contributed by atoms with Crippen molar-refractivity contribution in [1.82, 2.24) is 9.88 Å². The van der Waals surface area contributed by atoms with Gasteiger partial charge < -0.3 is 14.6 Å². The highest BCUT2D eigenvalue weighted by Crippen LogP contribution is 2.29. The van der Waals surface area contributed by atoms with E-state index in [-0.39, 0.29) is 18.9 Å².